The van der Waals surface area contributed by atoms with Crippen LogP contribution in [0.25, 0.3) is 0 Å². The third-order valence-corrected chi connectivity index (χ3v) is 8.33. The van der Waals surface area contributed by atoms with Crippen LogP contribution in [-0.2, 0) is 22.4 Å². The lowest BCUT2D eigenvalue weighted by Gasteiger charge is -2.59. The van der Waals surface area contributed by atoms with E-state index in [9.17, 15) is 9.59 Å². The summed E-state index contributed by atoms with van der Waals surface area (Å²) in [6.07, 6.45) is 14.9. The van der Waals surface area contributed by atoms with Crippen LogP contribution in [0.1, 0.15) is 56.2 Å². The topological polar surface area (TPSA) is 76.0 Å². The van der Waals surface area contributed by atoms with E-state index in [1.165, 1.54) is 25.6 Å². The Kier molecular flexibility index (Phi) is 4.27. The van der Waals surface area contributed by atoms with Crippen LogP contribution in [0.15, 0.2) is 43.1 Å². The fourth-order valence-corrected chi connectivity index (χ4v) is 7.61. The molecule has 0 spiro atoms. The van der Waals surface area contributed by atoms with Gasteiger partial charge in [-0.15, -0.1) is 0 Å². The van der Waals surface area contributed by atoms with Gasteiger partial charge in [-0.3, -0.25) is 19.5 Å². The van der Waals surface area contributed by atoms with E-state index in [0.29, 0.717) is 30.6 Å². The van der Waals surface area contributed by atoms with Gasteiger partial charge >= 0.3 is 0 Å². The van der Waals surface area contributed by atoms with Crippen LogP contribution in [0.2, 0.25) is 0 Å². The summed E-state index contributed by atoms with van der Waals surface area (Å²) in [5.74, 6) is 2.10. The number of amides is 2. The number of likely N-dealkylation sites (tertiary alicyclic amines) is 1. The smallest absolute Gasteiger partial charge is 0.237 e. The first-order chi connectivity index (χ1) is 15.1. The van der Waals surface area contributed by atoms with Gasteiger partial charge in [0, 0.05) is 37.1 Å². The summed E-state index contributed by atoms with van der Waals surface area (Å²) < 4.78 is 0. The highest BCUT2D eigenvalue weighted by atomic mass is 16.2. The summed E-state index contributed by atoms with van der Waals surface area (Å²) in [5, 5.41) is 0. The summed E-state index contributed by atoms with van der Waals surface area (Å²) in [7, 11) is 0. The molecule has 2 aromatic heterocycles. The third-order valence-electron chi connectivity index (χ3n) is 8.33. The monoisotopic (exact) mass is 416 g/mol. The second kappa shape index (κ2) is 6.94. The molecule has 2 aromatic rings. The average Bonchev–Trinajstić information content (AvgIpc) is 2.98. The van der Waals surface area contributed by atoms with Crippen LogP contribution in [0.3, 0.4) is 0 Å². The van der Waals surface area contributed by atoms with Crippen molar-refractivity contribution in [2.24, 2.45) is 23.2 Å². The third kappa shape index (κ3) is 3.10. The van der Waals surface area contributed by atoms with Crippen molar-refractivity contribution in [2.75, 3.05) is 0 Å². The van der Waals surface area contributed by atoms with Crippen LogP contribution in [0, 0.1) is 23.2 Å². The number of rotatable bonds is 5. The van der Waals surface area contributed by atoms with Gasteiger partial charge in [-0.25, -0.2) is 9.97 Å². The van der Waals surface area contributed by atoms with Crippen molar-refractivity contribution in [3.8, 4) is 0 Å². The lowest BCUT2D eigenvalue weighted by Crippen LogP contribution is -2.62. The Balaban J connectivity index is 1.38. The minimum atomic E-state index is -0.782. The van der Waals surface area contributed by atoms with Crippen molar-refractivity contribution >= 4 is 11.8 Å². The first kappa shape index (κ1) is 19.1. The normalized spacial score (nSPS) is 36.4. The summed E-state index contributed by atoms with van der Waals surface area (Å²) >= 11 is 0. The Morgan fingerprint density at radius 3 is 2.13 bits per heavy atom. The van der Waals surface area contributed by atoms with Crippen molar-refractivity contribution in [3.63, 3.8) is 0 Å². The van der Waals surface area contributed by atoms with Crippen molar-refractivity contribution in [2.45, 2.75) is 63.3 Å². The second-order valence-electron chi connectivity index (χ2n) is 10.5. The van der Waals surface area contributed by atoms with Gasteiger partial charge in [0.15, 0.2) is 0 Å². The van der Waals surface area contributed by atoms with Gasteiger partial charge in [0.1, 0.15) is 6.33 Å². The molecule has 5 fully saturated rings. The van der Waals surface area contributed by atoms with E-state index in [0.717, 1.165) is 30.5 Å². The Labute approximate surface area is 182 Å². The molecule has 6 heteroatoms. The molecule has 6 nitrogen and oxygen atoms in total. The first-order valence-electron chi connectivity index (χ1n) is 11.6. The van der Waals surface area contributed by atoms with Gasteiger partial charge in [-0.2, -0.15) is 0 Å². The number of hydrogen-bond acceptors (Lipinski definition) is 5. The van der Waals surface area contributed by atoms with E-state index in [1.807, 2.05) is 18.2 Å². The number of carbonyl (C=O) groups excluding carboxylic acids is 2. The maximum Gasteiger partial charge on any atom is 0.237 e. The molecule has 31 heavy (non-hydrogen) atoms. The lowest BCUT2D eigenvalue weighted by molar-refractivity contribution is -0.160. The number of hydrogen-bond donors (Lipinski definition) is 0. The van der Waals surface area contributed by atoms with Crippen LogP contribution in [0.5, 0.6) is 0 Å². The minimum absolute atomic E-state index is 0.0230. The highest BCUT2D eigenvalue weighted by Crippen LogP contribution is 2.59. The zero-order valence-electron chi connectivity index (χ0n) is 17.7. The Morgan fingerprint density at radius 2 is 1.52 bits per heavy atom. The first-order valence-corrected chi connectivity index (χ1v) is 11.6. The Hall–Kier alpha value is -2.63. The second-order valence-corrected chi connectivity index (χ2v) is 10.5. The predicted molar refractivity (Wildman–Crippen MR) is 113 cm³/mol. The molecule has 1 aliphatic heterocycles. The van der Waals surface area contributed by atoms with Crippen LogP contribution in [0.4, 0.5) is 0 Å². The zero-order valence-corrected chi connectivity index (χ0v) is 17.7. The fourth-order valence-electron chi connectivity index (χ4n) is 7.61. The molecule has 160 valence electrons. The lowest BCUT2D eigenvalue weighted by atomic mass is 9.52. The average molecular weight is 417 g/mol. The van der Waals surface area contributed by atoms with Crippen molar-refractivity contribution in [1.29, 1.82) is 0 Å². The van der Waals surface area contributed by atoms with E-state index in [-0.39, 0.29) is 23.8 Å². The summed E-state index contributed by atoms with van der Waals surface area (Å²) in [4.78, 5) is 42.1. The molecular formula is C25H28N4O2. The molecule has 1 saturated heterocycles. The molecule has 7 rings (SSSR count). The summed E-state index contributed by atoms with van der Waals surface area (Å²) in [6.45, 7) is 0. The molecule has 4 aliphatic carbocycles. The highest BCUT2D eigenvalue weighted by Gasteiger charge is 2.62. The highest BCUT2D eigenvalue weighted by molar-refractivity contribution is 6.07. The van der Waals surface area contributed by atoms with Gasteiger partial charge in [-0.1, -0.05) is 0 Å². The zero-order chi connectivity index (χ0) is 21.1. The molecule has 3 heterocycles. The molecule has 4 saturated carbocycles. The van der Waals surface area contributed by atoms with Gasteiger partial charge in [-0.05, 0) is 86.5 Å². The quantitative estimate of drug-likeness (QED) is 0.699. The minimum Gasteiger partial charge on any atom is -0.276 e. The van der Waals surface area contributed by atoms with Crippen molar-refractivity contribution < 1.29 is 9.59 Å². The summed E-state index contributed by atoms with van der Waals surface area (Å²) in [6, 6.07) is 5.76. The summed E-state index contributed by atoms with van der Waals surface area (Å²) in [5.41, 5.74) is 0.833. The SMILES string of the molecule is O=C1CC(Cc2ccncc2)(Cc2ccncn2)C(=O)N1C12CC3CC(CC(C3)C1)C2. The molecule has 5 aliphatic rings. The Bertz CT molecular complexity index is 930. The number of imide groups is 1. The fraction of sp³-hybridized carbons (Fsp3) is 0.560. The van der Waals surface area contributed by atoms with Gasteiger partial charge in [0.25, 0.3) is 0 Å². The number of pyridine rings is 1. The van der Waals surface area contributed by atoms with E-state index >= 15 is 0 Å². The standard InChI is InChI=1S/C25H28N4O2/c30-22-15-24(10-17-1-4-26-5-2-17,14-21-3-6-27-16-28-21)23(31)29(22)25-11-18-7-19(12-25)9-20(8-18)13-25/h1-6,16,18-20H,7-15H2. The van der Waals surface area contributed by atoms with E-state index in [1.54, 1.807) is 23.5 Å². The van der Waals surface area contributed by atoms with Crippen LogP contribution in [-0.4, -0.2) is 37.2 Å². The van der Waals surface area contributed by atoms with E-state index < -0.39 is 5.41 Å². The van der Waals surface area contributed by atoms with E-state index in [2.05, 4.69) is 15.0 Å². The molecule has 0 N–H and O–H groups in total. The molecule has 0 radical (unpaired) electrons. The number of nitrogens with zero attached hydrogens (tertiary/aromatic N) is 4. The Morgan fingerprint density at radius 1 is 0.871 bits per heavy atom. The van der Waals surface area contributed by atoms with Crippen molar-refractivity contribution in [1.82, 2.24) is 19.9 Å². The van der Waals surface area contributed by atoms with Gasteiger partial charge < -0.3 is 0 Å². The maximum atomic E-state index is 14.2. The van der Waals surface area contributed by atoms with Crippen LogP contribution < -0.4 is 0 Å². The van der Waals surface area contributed by atoms with E-state index in [4.69, 9.17) is 0 Å². The molecule has 1 atom stereocenters. The van der Waals surface area contributed by atoms with Gasteiger partial charge in [0.2, 0.25) is 11.8 Å². The number of aromatic nitrogens is 3. The number of carbonyl (C=O) groups is 2. The van der Waals surface area contributed by atoms with Crippen LogP contribution >= 0.6 is 0 Å². The maximum absolute atomic E-state index is 14.2. The molecule has 4 bridgehead atoms. The molecule has 1 unspecified atom stereocenters. The molecular weight excluding hydrogens is 388 g/mol. The largest absolute Gasteiger partial charge is 0.276 e. The molecule has 2 amide bonds. The molecule has 0 aromatic carbocycles. The predicted octanol–water partition coefficient (Wildman–Crippen LogP) is 3.37. The van der Waals surface area contributed by atoms with Gasteiger partial charge in [0.05, 0.1) is 11.0 Å². The van der Waals surface area contributed by atoms with Crippen molar-refractivity contribution in [3.05, 3.63) is 54.4 Å².